The Morgan fingerprint density at radius 2 is 2.15 bits per heavy atom. The molecule has 0 radical (unpaired) electrons. The molecule has 1 saturated heterocycles. The topological polar surface area (TPSA) is 45.2 Å². The normalized spacial score (nSPS) is 23.4. The Kier molecular flexibility index (Phi) is 4.31. The van der Waals surface area contributed by atoms with Crippen molar-refractivity contribution >= 4 is 5.91 Å². The summed E-state index contributed by atoms with van der Waals surface area (Å²) in [7, 11) is 0. The smallest absolute Gasteiger partial charge is 0.237 e. The van der Waals surface area contributed by atoms with Gasteiger partial charge in [0.05, 0.1) is 12.6 Å². The fourth-order valence-electron chi connectivity index (χ4n) is 3.45. The molecular formula is C16H23N3O. The molecule has 0 bridgehead atoms. The summed E-state index contributed by atoms with van der Waals surface area (Å²) in [4.78, 5) is 18.6. The molecule has 1 aromatic heterocycles. The molecule has 3 rings (SSSR count). The highest BCUT2D eigenvalue weighted by Gasteiger charge is 2.30. The number of hydrogen-bond acceptors (Lipinski definition) is 3. The van der Waals surface area contributed by atoms with Crippen LogP contribution < -0.4 is 5.32 Å². The lowest BCUT2D eigenvalue weighted by atomic mass is 10.1. The van der Waals surface area contributed by atoms with Crippen molar-refractivity contribution in [1.82, 2.24) is 15.2 Å². The minimum atomic E-state index is 0.224. The lowest BCUT2D eigenvalue weighted by Crippen LogP contribution is -2.40. The van der Waals surface area contributed by atoms with Gasteiger partial charge in [-0.3, -0.25) is 9.78 Å². The van der Waals surface area contributed by atoms with Gasteiger partial charge in [-0.05, 0) is 37.3 Å². The van der Waals surface area contributed by atoms with Crippen LogP contribution in [0.3, 0.4) is 0 Å². The van der Waals surface area contributed by atoms with Crippen molar-refractivity contribution in [2.75, 3.05) is 13.1 Å². The van der Waals surface area contributed by atoms with Crippen molar-refractivity contribution in [3.63, 3.8) is 0 Å². The minimum Gasteiger partial charge on any atom is -0.334 e. The van der Waals surface area contributed by atoms with E-state index in [9.17, 15) is 4.79 Å². The van der Waals surface area contributed by atoms with Gasteiger partial charge in [-0.2, -0.15) is 0 Å². The summed E-state index contributed by atoms with van der Waals surface area (Å²) in [5, 5.41) is 3.42. The highest BCUT2D eigenvalue weighted by molar-refractivity contribution is 5.79. The predicted molar refractivity (Wildman–Crippen MR) is 78.2 cm³/mol. The maximum atomic E-state index is 12.4. The summed E-state index contributed by atoms with van der Waals surface area (Å²) in [6.45, 7) is 1.37. The number of pyridine rings is 1. The summed E-state index contributed by atoms with van der Waals surface area (Å²) in [5.41, 5.74) is 1.17. The molecule has 4 nitrogen and oxygen atoms in total. The van der Waals surface area contributed by atoms with Crippen molar-refractivity contribution in [3.8, 4) is 0 Å². The van der Waals surface area contributed by atoms with Gasteiger partial charge in [0.25, 0.3) is 0 Å². The number of nitrogens with one attached hydrogen (secondary N) is 1. The average molecular weight is 273 g/mol. The van der Waals surface area contributed by atoms with Crippen molar-refractivity contribution in [2.45, 2.75) is 50.6 Å². The molecule has 1 aromatic rings. The number of aromatic nitrogens is 1. The number of carbonyl (C=O) groups is 1. The molecule has 1 unspecified atom stereocenters. The third-order valence-electron chi connectivity index (χ3n) is 4.54. The summed E-state index contributed by atoms with van der Waals surface area (Å²) in [5.74, 6) is 0.239. The van der Waals surface area contributed by atoms with Gasteiger partial charge in [0.2, 0.25) is 5.91 Å². The molecule has 2 fully saturated rings. The van der Waals surface area contributed by atoms with Crippen molar-refractivity contribution in [1.29, 1.82) is 0 Å². The number of rotatable bonds is 4. The van der Waals surface area contributed by atoms with Gasteiger partial charge in [0, 0.05) is 25.0 Å². The lowest BCUT2D eigenvalue weighted by molar-refractivity contribution is -0.131. The number of hydrogen-bond donors (Lipinski definition) is 1. The molecule has 1 N–H and O–H groups in total. The van der Waals surface area contributed by atoms with E-state index in [-0.39, 0.29) is 11.9 Å². The Bertz CT molecular complexity index is 442. The molecule has 1 saturated carbocycles. The molecule has 108 valence electrons. The van der Waals surface area contributed by atoms with Crippen molar-refractivity contribution < 1.29 is 4.79 Å². The number of nitrogens with zero attached hydrogens (tertiary/aromatic N) is 2. The molecule has 4 heteroatoms. The van der Waals surface area contributed by atoms with Gasteiger partial charge >= 0.3 is 0 Å². The number of amides is 1. The van der Waals surface area contributed by atoms with Crippen LogP contribution in [0.15, 0.2) is 24.5 Å². The van der Waals surface area contributed by atoms with Gasteiger partial charge in [0.15, 0.2) is 0 Å². The Hall–Kier alpha value is -1.42. The highest BCUT2D eigenvalue weighted by Crippen LogP contribution is 2.31. The number of carbonyl (C=O) groups excluding carboxylic acids is 1. The summed E-state index contributed by atoms with van der Waals surface area (Å²) >= 11 is 0. The molecule has 1 amide bonds. The van der Waals surface area contributed by atoms with Crippen LogP contribution >= 0.6 is 0 Å². The van der Waals surface area contributed by atoms with Crippen LogP contribution in [0.1, 0.15) is 50.1 Å². The van der Waals surface area contributed by atoms with Crippen LogP contribution in [0.5, 0.6) is 0 Å². The maximum absolute atomic E-state index is 12.4. The molecule has 0 aromatic carbocycles. The quantitative estimate of drug-likeness (QED) is 0.915. The van der Waals surface area contributed by atoms with E-state index in [1.165, 1.54) is 31.2 Å². The minimum absolute atomic E-state index is 0.224. The Morgan fingerprint density at radius 3 is 2.90 bits per heavy atom. The summed E-state index contributed by atoms with van der Waals surface area (Å²) in [6.07, 6.45) is 10.9. The van der Waals surface area contributed by atoms with Crippen molar-refractivity contribution in [2.24, 2.45) is 0 Å². The number of likely N-dealkylation sites (tertiary alicyclic amines) is 1. The first-order valence-corrected chi connectivity index (χ1v) is 7.77. The van der Waals surface area contributed by atoms with Crippen LogP contribution in [-0.4, -0.2) is 34.9 Å². The van der Waals surface area contributed by atoms with Gasteiger partial charge in [-0.25, -0.2) is 0 Å². The first kappa shape index (κ1) is 13.6. The van der Waals surface area contributed by atoms with Gasteiger partial charge in [-0.15, -0.1) is 0 Å². The standard InChI is InChI=1S/C16H23N3O/c20-16(12-18-14-6-1-2-7-14)19-10-4-8-15(19)13-5-3-9-17-11-13/h3,5,9,11,14-15,18H,1-2,4,6-8,10,12H2. The summed E-state index contributed by atoms with van der Waals surface area (Å²) in [6, 6.07) is 4.81. The average Bonchev–Trinajstić information content (AvgIpc) is 3.17. The van der Waals surface area contributed by atoms with E-state index >= 15 is 0 Å². The zero-order valence-electron chi connectivity index (χ0n) is 11.9. The molecule has 0 spiro atoms. The van der Waals surface area contributed by atoms with E-state index < -0.39 is 0 Å². The Morgan fingerprint density at radius 1 is 1.30 bits per heavy atom. The molecule has 1 atom stereocenters. The Balaban J connectivity index is 1.58. The largest absolute Gasteiger partial charge is 0.334 e. The third kappa shape index (κ3) is 3.01. The molecule has 20 heavy (non-hydrogen) atoms. The van der Waals surface area contributed by atoms with E-state index in [1.807, 2.05) is 17.2 Å². The van der Waals surface area contributed by atoms with E-state index in [0.29, 0.717) is 12.6 Å². The van der Waals surface area contributed by atoms with Gasteiger partial charge in [-0.1, -0.05) is 18.9 Å². The lowest BCUT2D eigenvalue weighted by Gasteiger charge is -2.25. The first-order valence-electron chi connectivity index (χ1n) is 7.77. The first-order chi connectivity index (χ1) is 9.84. The summed E-state index contributed by atoms with van der Waals surface area (Å²) < 4.78 is 0. The van der Waals surface area contributed by atoms with E-state index in [2.05, 4.69) is 16.4 Å². The SMILES string of the molecule is O=C(CNC1CCCC1)N1CCCC1c1cccnc1. The second-order valence-corrected chi connectivity index (χ2v) is 5.89. The zero-order valence-corrected chi connectivity index (χ0v) is 11.9. The van der Waals surface area contributed by atoms with Crippen LogP contribution in [0.25, 0.3) is 0 Å². The monoisotopic (exact) mass is 273 g/mol. The van der Waals surface area contributed by atoms with Crippen molar-refractivity contribution in [3.05, 3.63) is 30.1 Å². The molecule has 1 aliphatic carbocycles. The third-order valence-corrected chi connectivity index (χ3v) is 4.54. The van der Waals surface area contributed by atoms with Crippen LogP contribution in [0.4, 0.5) is 0 Å². The Labute approximate surface area is 120 Å². The van der Waals surface area contributed by atoms with E-state index in [1.54, 1.807) is 6.20 Å². The van der Waals surface area contributed by atoms with E-state index in [4.69, 9.17) is 0 Å². The van der Waals surface area contributed by atoms with Crippen LogP contribution in [0.2, 0.25) is 0 Å². The second kappa shape index (κ2) is 6.35. The highest BCUT2D eigenvalue weighted by atomic mass is 16.2. The molecule has 1 aliphatic heterocycles. The fourth-order valence-corrected chi connectivity index (χ4v) is 3.45. The predicted octanol–water partition coefficient (Wildman–Crippen LogP) is 2.28. The van der Waals surface area contributed by atoms with Crippen LogP contribution in [-0.2, 0) is 4.79 Å². The second-order valence-electron chi connectivity index (χ2n) is 5.89. The van der Waals surface area contributed by atoms with Gasteiger partial charge < -0.3 is 10.2 Å². The van der Waals surface area contributed by atoms with Crippen LogP contribution in [0, 0.1) is 0 Å². The fraction of sp³-hybridized carbons (Fsp3) is 0.625. The molecule has 2 aliphatic rings. The van der Waals surface area contributed by atoms with E-state index in [0.717, 1.165) is 19.4 Å². The zero-order chi connectivity index (χ0) is 13.8. The molecule has 2 heterocycles. The maximum Gasteiger partial charge on any atom is 0.237 e. The van der Waals surface area contributed by atoms with Gasteiger partial charge in [0.1, 0.15) is 0 Å². The molecular weight excluding hydrogens is 250 g/mol.